The van der Waals surface area contributed by atoms with Gasteiger partial charge >= 0.3 is 0 Å². The number of benzene rings is 1. The van der Waals surface area contributed by atoms with Crippen molar-refractivity contribution in [2.75, 3.05) is 27.3 Å². The lowest BCUT2D eigenvalue weighted by Crippen LogP contribution is -2.30. The molecule has 0 bridgehead atoms. The molecular formula is C13H15BrClNO3. The molecule has 1 aromatic carbocycles. The monoisotopic (exact) mass is 347 g/mol. The Bertz CT molecular complexity index is 471. The summed E-state index contributed by atoms with van der Waals surface area (Å²) < 4.78 is 11.4. The molecule has 104 valence electrons. The average Bonchev–Trinajstić information content (AvgIpc) is 2.81. The smallest absolute Gasteiger partial charge is 0.255 e. The minimum atomic E-state index is -0.0833. The van der Waals surface area contributed by atoms with Crippen LogP contribution in [0.4, 0.5) is 0 Å². The van der Waals surface area contributed by atoms with Crippen molar-refractivity contribution < 1.29 is 14.3 Å². The second-order valence-corrected chi connectivity index (χ2v) is 5.67. The fourth-order valence-electron chi connectivity index (χ4n) is 2.20. The molecule has 0 radical (unpaired) electrons. The second kappa shape index (κ2) is 6.22. The Kier molecular flexibility index (Phi) is 4.84. The molecule has 4 nitrogen and oxygen atoms in total. The van der Waals surface area contributed by atoms with E-state index in [9.17, 15) is 4.79 Å². The summed E-state index contributed by atoms with van der Waals surface area (Å²) in [7, 11) is 3.26. The number of methoxy groups -OCH3 is 2. The first-order valence-corrected chi connectivity index (χ1v) is 7.03. The summed E-state index contributed by atoms with van der Waals surface area (Å²) in [6.07, 6.45) is -0.167. The molecule has 0 aromatic heterocycles. The third-order valence-electron chi connectivity index (χ3n) is 3.27. The van der Waals surface area contributed by atoms with Gasteiger partial charge in [0, 0.05) is 36.8 Å². The minimum Gasteiger partial charge on any atom is -0.377 e. The zero-order chi connectivity index (χ0) is 14.0. The SMILES string of the molecule is COC1CN(C(=O)c2ccc(Cl)cc2Br)CC1OC. The minimum absolute atomic E-state index is 0.0508. The van der Waals surface area contributed by atoms with Gasteiger partial charge in [-0.2, -0.15) is 0 Å². The zero-order valence-corrected chi connectivity index (χ0v) is 13.1. The van der Waals surface area contributed by atoms with Crippen LogP contribution in [0.25, 0.3) is 0 Å². The van der Waals surface area contributed by atoms with Crippen molar-refractivity contribution in [3.8, 4) is 0 Å². The largest absolute Gasteiger partial charge is 0.377 e. The molecule has 1 fully saturated rings. The molecule has 1 aromatic rings. The highest BCUT2D eigenvalue weighted by atomic mass is 79.9. The van der Waals surface area contributed by atoms with E-state index in [2.05, 4.69) is 15.9 Å². The average molecular weight is 349 g/mol. The standard InChI is InChI=1S/C13H15BrClNO3/c1-18-11-6-16(7-12(11)19-2)13(17)9-4-3-8(15)5-10(9)14/h3-5,11-12H,6-7H2,1-2H3. The van der Waals surface area contributed by atoms with Crippen LogP contribution >= 0.6 is 27.5 Å². The predicted molar refractivity (Wildman–Crippen MR) is 76.6 cm³/mol. The van der Waals surface area contributed by atoms with Crippen molar-refractivity contribution in [3.05, 3.63) is 33.3 Å². The number of carbonyl (C=O) groups is 1. The van der Waals surface area contributed by atoms with E-state index in [-0.39, 0.29) is 18.1 Å². The first-order chi connectivity index (χ1) is 9.06. The van der Waals surface area contributed by atoms with Gasteiger partial charge in [0.15, 0.2) is 0 Å². The molecule has 2 unspecified atom stereocenters. The van der Waals surface area contributed by atoms with E-state index in [0.717, 1.165) is 0 Å². The van der Waals surface area contributed by atoms with E-state index in [1.807, 2.05) is 0 Å². The van der Waals surface area contributed by atoms with Gasteiger partial charge in [-0.05, 0) is 34.1 Å². The Balaban J connectivity index is 2.17. The third kappa shape index (κ3) is 3.11. The lowest BCUT2D eigenvalue weighted by atomic mass is 10.2. The van der Waals surface area contributed by atoms with Crippen LogP contribution in [0.2, 0.25) is 5.02 Å². The number of nitrogens with zero attached hydrogens (tertiary/aromatic N) is 1. The lowest BCUT2D eigenvalue weighted by molar-refractivity contribution is -0.00461. The van der Waals surface area contributed by atoms with Crippen LogP contribution in [0, 0.1) is 0 Å². The van der Waals surface area contributed by atoms with Crippen molar-refractivity contribution in [3.63, 3.8) is 0 Å². The summed E-state index contributed by atoms with van der Waals surface area (Å²) in [6.45, 7) is 1.06. The number of likely N-dealkylation sites (tertiary alicyclic amines) is 1. The van der Waals surface area contributed by atoms with Crippen molar-refractivity contribution >= 4 is 33.4 Å². The molecule has 1 heterocycles. The highest BCUT2D eigenvalue weighted by Gasteiger charge is 2.36. The van der Waals surface area contributed by atoms with Gasteiger partial charge in [-0.1, -0.05) is 11.6 Å². The second-order valence-electron chi connectivity index (χ2n) is 4.38. The molecule has 0 N–H and O–H groups in total. The van der Waals surface area contributed by atoms with E-state index in [1.54, 1.807) is 37.3 Å². The fourth-order valence-corrected chi connectivity index (χ4v) is 3.05. The van der Waals surface area contributed by atoms with Gasteiger partial charge in [-0.15, -0.1) is 0 Å². The Hall–Kier alpha value is -0.620. The molecule has 6 heteroatoms. The molecule has 1 aliphatic heterocycles. The summed E-state index contributed by atoms with van der Waals surface area (Å²) in [6, 6.07) is 5.14. The van der Waals surface area contributed by atoms with E-state index < -0.39 is 0 Å². The number of rotatable bonds is 3. The van der Waals surface area contributed by atoms with Gasteiger partial charge in [-0.25, -0.2) is 0 Å². The van der Waals surface area contributed by atoms with Gasteiger partial charge in [-0.3, -0.25) is 4.79 Å². The summed E-state index contributed by atoms with van der Waals surface area (Å²) in [5, 5.41) is 0.592. The fraction of sp³-hybridized carbons (Fsp3) is 0.462. The quantitative estimate of drug-likeness (QED) is 0.843. The number of halogens is 2. The van der Waals surface area contributed by atoms with E-state index in [4.69, 9.17) is 21.1 Å². The molecule has 1 aliphatic rings. The molecule has 19 heavy (non-hydrogen) atoms. The lowest BCUT2D eigenvalue weighted by Gasteiger charge is -2.16. The molecule has 2 rings (SSSR count). The van der Waals surface area contributed by atoms with Crippen LogP contribution in [-0.2, 0) is 9.47 Å². The van der Waals surface area contributed by atoms with Crippen molar-refractivity contribution in [1.82, 2.24) is 4.90 Å². The van der Waals surface area contributed by atoms with Crippen molar-refractivity contribution in [1.29, 1.82) is 0 Å². The molecule has 1 amide bonds. The van der Waals surface area contributed by atoms with E-state index in [1.165, 1.54) is 0 Å². The van der Waals surface area contributed by atoms with Crippen LogP contribution in [0.5, 0.6) is 0 Å². The van der Waals surface area contributed by atoms with Crippen LogP contribution in [0.15, 0.2) is 22.7 Å². The highest BCUT2D eigenvalue weighted by molar-refractivity contribution is 9.10. The normalized spacial score (nSPS) is 22.8. The summed E-state index contributed by atoms with van der Waals surface area (Å²) in [4.78, 5) is 14.2. The molecule has 1 saturated heterocycles. The van der Waals surface area contributed by atoms with Crippen LogP contribution in [-0.4, -0.2) is 50.3 Å². The first kappa shape index (κ1) is 14.8. The summed E-state index contributed by atoms with van der Waals surface area (Å²) in [5.74, 6) is -0.0508. The van der Waals surface area contributed by atoms with Crippen molar-refractivity contribution in [2.24, 2.45) is 0 Å². The number of hydrogen-bond donors (Lipinski definition) is 0. The first-order valence-electron chi connectivity index (χ1n) is 5.86. The Morgan fingerprint density at radius 1 is 1.32 bits per heavy atom. The Morgan fingerprint density at radius 3 is 2.37 bits per heavy atom. The molecule has 0 spiro atoms. The van der Waals surface area contributed by atoms with Gasteiger partial charge in [0.25, 0.3) is 5.91 Å². The molecule has 2 atom stereocenters. The van der Waals surface area contributed by atoms with Crippen molar-refractivity contribution in [2.45, 2.75) is 12.2 Å². The number of carbonyl (C=O) groups excluding carboxylic acids is 1. The van der Waals surface area contributed by atoms with E-state index in [0.29, 0.717) is 28.1 Å². The van der Waals surface area contributed by atoms with Gasteiger partial charge in [0.1, 0.15) is 12.2 Å². The van der Waals surface area contributed by atoms with Crippen LogP contribution in [0.3, 0.4) is 0 Å². The molecule has 0 saturated carbocycles. The molecular weight excluding hydrogens is 334 g/mol. The topological polar surface area (TPSA) is 38.8 Å². The zero-order valence-electron chi connectivity index (χ0n) is 10.7. The Labute approximate surface area is 125 Å². The maximum absolute atomic E-state index is 12.4. The van der Waals surface area contributed by atoms with Gasteiger partial charge in [0.05, 0.1) is 5.56 Å². The van der Waals surface area contributed by atoms with E-state index >= 15 is 0 Å². The van der Waals surface area contributed by atoms with Gasteiger partial charge in [0.2, 0.25) is 0 Å². The number of ether oxygens (including phenoxy) is 2. The number of hydrogen-bond acceptors (Lipinski definition) is 3. The summed E-state index contributed by atoms with van der Waals surface area (Å²) >= 11 is 9.24. The predicted octanol–water partition coefficient (Wildman–Crippen LogP) is 2.59. The maximum Gasteiger partial charge on any atom is 0.255 e. The van der Waals surface area contributed by atoms with Crippen LogP contribution in [0.1, 0.15) is 10.4 Å². The van der Waals surface area contributed by atoms with Gasteiger partial charge < -0.3 is 14.4 Å². The molecule has 0 aliphatic carbocycles. The summed E-state index contributed by atoms with van der Waals surface area (Å²) in [5.41, 5.74) is 0.594. The third-order valence-corrected chi connectivity index (χ3v) is 4.16. The number of amides is 1. The van der Waals surface area contributed by atoms with Crippen LogP contribution < -0.4 is 0 Å². The maximum atomic E-state index is 12.4. The Morgan fingerprint density at radius 2 is 1.89 bits per heavy atom. The highest BCUT2D eigenvalue weighted by Crippen LogP contribution is 2.25.